The largest absolute Gasteiger partial charge is 0.497 e. The van der Waals surface area contributed by atoms with Gasteiger partial charge in [0.05, 0.1) is 18.9 Å². The highest BCUT2D eigenvalue weighted by Gasteiger charge is 2.40. The third-order valence-corrected chi connectivity index (χ3v) is 5.21. The van der Waals surface area contributed by atoms with Gasteiger partial charge in [0.15, 0.2) is 0 Å². The maximum absolute atomic E-state index is 6.35. The lowest BCUT2D eigenvalue weighted by molar-refractivity contribution is -0.0190. The van der Waals surface area contributed by atoms with Crippen molar-refractivity contribution < 1.29 is 9.47 Å². The lowest BCUT2D eigenvalue weighted by Gasteiger charge is -2.38. The van der Waals surface area contributed by atoms with E-state index in [4.69, 9.17) is 14.6 Å². The SMILES string of the molecule is COc1ccc(C2=NN3[C@@H](C2)c2ccccc2O[C@H]3c2ccccc2)cc1. The fourth-order valence-electron chi connectivity index (χ4n) is 3.83. The zero-order chi connectivity index (χ0) is 18.2. The van der Waals surface area contributed by atoms with Crippen molar-refractivity contribution in [1.82, 2.24) is 5.01 Å². The Bertz CT molecular complexity index is 983. The Hall–Kier alpha value is -3.27. The fraction of sp³-hybridized carbons (Fsp3) is 0.174. The van der Waals surface area contributed by atoms with Crippen molar-refractivity contribution in [1.29, 1.82) is 0 Å². The summed E-state index contributed by atoms with van der Waals surface area (Å²) in [5.41, 5.74) is 4.49. The molecule has 0 N–H and O–H groups in total. The lowest BCUT2D eigenvalue weighted by Crippen LogP contribution is -2.33. The molecule has 0 saturated carbocycles. The van der Waals surface area contributed by atoms with Gasteiger partial charge in [0, 0.05) is 17.5 Å². The summed E-state index contributed by atoms with van der Waals surface area (Å²) in [4.78, 5) is 0. The Morgan fingerprint density at radius 3 is 2.44 bits per heavy atom. The molecule has 2 heterocycles. The first kappa shape index (κ1) is 15.9. The zero-order valence-corrected chi connectivity index (χ0v) is 15.1. The van der Waals surface area contributed by atoms with E-state index < -0.39 is 0 Å². The minimum atomic E-state index is -0.221. The number of ether oxygens (including phenoxy) is 2. The van der Waals surface area contributed by atoms with Crippen LogP contribution in [0, 0.1) is 0 Å². The second-order valence-corrected chi connectivity index (χ2v) is 6.79. The van der Waals surface area contributed by atoms with Crippen molar-refractivity contribution in [2.45, 2.75) is 18.7 Å². The van der Waals surface area contributed by atoms with Crippen LogP contribution in [0.3, 0.4) is 0 Å². The van der Waals surface area contributed by atoms with Gasteiger partial charge in [-0.25, -0.2) is 5.01 Å². The van der Waals surface area contributed by atoms with E-state index in [0.717, 1.165) is 34.8 Å². The Balaban J connectivity index is 1.56. The molecular weight excluding hydrogens is 336 g/mol. The molecule has 4 nitrogen and oxygen atoms in total. The summed E-state index contributed by atoms with van der Waals surface area (Å²) in [5, 5.41) is 7.09. The molecule has 0 unspecified atom stereocenters. The van der Waals surface area contributed by atoms with Gasteiger partial charge in [-0.15, -0.1) is 0 Å². The van der Waals surface area contributed by atoms with Gasteiger partial charge in [-0.05, 0) is 35.9 Å². The van der Waals surface area contributed by atoms with Crippen molar-refractivity contribution >= 4 is 5.71 Å². The molecule has 2 aliphatic heterocycles. The molecule has 2 atom stereocenters. The number of hydrazone groups is 1. The van der Waals surface area contributed by atoms with Crippen LogP contribution in [-0.4, -0.2) is 17.8 Å². The summed E-state index contributed by atoms with van der Waals surface area (Å²) in [6.07, 6.45) is 0.637. The molecule has 0 bridgehead atoms. The minimum absolute atomic E-state index is 0.178. The minimum Gasteiger partial charge on any atom is -0.497 e. The maximum Gasteiger partial charge on any atom is 0.213 e. The predicted molar refractivity (Wildman–Crippen MR) is 105 cm³/mol. The number of hydrogen-bond donors (Lipinski definition) is 0. The summed E-state index contributed by atoms with van der Waals surface area (Å²) in [7, 11) is 1.68. The highest BCUT2D eigenvalue weighted by molar-refractivity contribution is 6.02. The normalized spacial score (nSPS) is 20.3. The summed E-state index contributed by atoms with van der Waals surface area (Å²) >= 11 is 0. The molecule has 0 aliphatic carbocycles. The molecule has 0 fully saturated rings. The number of benzene rings is 3. The van der Waals surface area contributed by atoms with Crippen molar-refractivity contribution in [3.8, 4) is 11.5 Å². The average Bonchev–Trinajstić information content (AvgIpc) is 3.19. The van der Waals surface area contributed by atoms with Crippen LogP contribution < -0.4 is 9.47 Å². The quantitative estimate of drug-likeness (QED) is 0.667. The van der Waals surface area contributed by atoms with E-state index >= 15 is 0 Å². The number of nitrogens with zero attached hydrogens (tertiary/aromatic N) is 2. The van der Waals surface area contributed by atoms with E-state index in [9.17, 15) is 0 Å². The van der Waals surface area contributed by atoms with Gasteiger partial charge in [0.25, 0.3) is 0 Å². The number of hydrogen-bond acceptors (Lipinski definition) is 4. The third-order valence-electron chi connectivity index (χ3n) is 5.21. The van der Waals surface area contributed by atoms with Crippen LogP contribution in [0.15, 0.2) is 84.0 Å². The second-order valence-electron chi connectivity index (χ2n) is 6.79. The number of para-hydroxylation sites is 1. The molecule has 3 aromatic rings. The van der Waals surface area contributed by atoms with Gasteiger partial charge in [-0.3, -0.25) is 0 Å². The van der Waals surface area contributed by atoms with Crippen LogP contribution in [0.1, 0.15) is 35.4 Å². The zero-order valence-electron chi connectivity index (χ0n) is 15.1. The topological polar surface area (TPSA) is 34.1 Å². The van der Waals surface area contributed by atoms with Gasteiger partial charge >= 0.3 is 0 Å². The van der Waals surface area contributed by atoms with Gasteiger partial charge < -0.3 is 9.47 Å². The summed E-state index contributed by atoms with van der Waals surface area (Å²) in [6, 6.07) is 26.8. The molecule has 0 spiro atoms. The second kappa shape index (κ2) is 6.47. The first-order valence-corrected chi connectivity index (χ1v) is 9.14. The Kier molecular flexibility index (Phi) is 3.82. The molecule has 3 aromatic carbocycles. The fourth-order valence-corrected chi connectivity index (χ4v) is 3.83. The predicted octanol–water partition coefficient (Wildman–Crippen LogP) is 4.94. The van der Waals surface area contributed by atoms with E-state index in [1.165, 1.54) is 5.56 Å². The van der Waals surface area contributed by atoms with Crippen molar-refractivity contribution in [3.63, 3.8) is 0 Å². The van der Waals surface area contributed by atoms with E-state index in [0.29, 0.717) is 0 Å². The van der Waals surface area contributed by atoms with Crippen molar-refractivity contribution in [2.75, 3.05) is 7.11 Å². The standard InChI is InChI=1S/C23H20N2O2/c1-26-18-13-11-16(12-14-18)20-15-21-19-9-5-6-10-22(19)27-23(25(21)24-20)17-7-3-2-4-8-17/h2-14,21,23H,15H2,1H3/t21-,23-/m0/s1. The molecule has 2 aliphatic rings. The van der Waals surface area contributed by atoms with Crippen molar-refractivity contribution in [3.05, 3.63) is 95.6 Å². The highest BCUT2D eigenvalue weighted by atomic mass is 16.5. The van der Waals surface area contributed by atoms with Crippen LogP contribution >= 0.6 is 0 Å². The lowest BCUT2D eigenvalue weighted by atomic mass is 9.96. The molecule has 27 heavy (non-hydrogen) atoms. The first-order valence-electron chi connectivity index (χ1n) is 9.14. The Labute approximate surface area is 158 Å². The van der Waals surface area contributed by atoms with Gasteiger partial charge in [0.2, 0.25) is 6.23 Å². The van der Waals surface area contributed by atoms with Crippen LogP contribution in [-0.2, 0) is 0 Å². The van der Waals surface area contributed by atoms with E-state index in [2.05, 4.69) is 41.4 Å². The van der Waals surface area contributed by atoms with E-state index in [1.54, 1.807) is 7.11 Å². The molecule has 0 saturated heterocycles. The monoisotopic (exact) mass is 356 g/mol. The highest BCUT2D eigenvalue weighted by Crippen LogP contribution is 2.47. The average molecular weight is 356 g/mol. The Morgan fingerprint density at radius 2 is 1.67 bits per heavy atom. The Morgan fingerprint density at radius 1 is 0.926 bits per heavy atom. The summed E-state index contributed by atoms with van der Waals surface area (Å²) < 4.78 is 11.6. The molecule has 134 valence electrons. The third kappa shape index (κ3) is 2.74. The van der Waals surface area contributed by atoms with E-state index in [1.807, 2.05) is 42.5 Å². The van der Waals surface area contributed by atoms with Crippen LogP contribution in [0.2, 0.25) is 0 Å². The first-order chi connectivity index (χ1) is 13.3. The van der Waals surface area contributed by atoms with Gasteiger partial charge in [-0.1, -0.05) is 48.5 Å². The smallest absolute Gasteiger partial charge is 0.213 e. The van der Waals surface area contributed by atoms with Crippen LogP contribution in [0.25, 0.3) is 0 Å². The summed E-state index contributed by atoms with van der Waals surface area (Å²) in [6.45, 7) is 0. The molecular formula is C23H20N2O2. The molecule has 0 aromatic heterocycles. The molecule has 4 heteroatoms. The maximum atomic E-state index is 6.35. The number of methoxy groups -OCH3 is 1. The molecule has 0 amide bonds. The van der Waals surface area contributed by atoms with Gasteiger partial charge in [-0.2, -0.15) is 5.10 Å². The summed E-state index contributed by atoms with van der Waals surface area (Å²) in [5.74, 6) is 1.80. The number of fused-ring (bicyclic) bond motifs is 3. The molecule has 5 rings (SSSR count). The van der Waals surface area contributed by atoms with E-state index in [-0.39, 0.29) is 12.3 Å². The number of rotatable bonds is 3. The molecule has 0 radical (unpaired) electrons. The van der Waals surface area contributed by atoms with Crippen LogP contribution in [0.5, 0.6) is 11.5 Å². The van der Waals surface area contributed by atoms with Gasteiger partial charge in [0.1, 0.15) is 11.5 Å². The van der Waals surface area contributed by atoms with Crippen LogP contribution in [0.4, 0.5) is 0 Å². The van der Waals surface area contributed by atoms with Crippen molar-refractivity contribution in [2.24, 2.45) is 5.10 Å².